The summed E-state index contributed by atoms with van der Waals surface area (Å²) >= 11 is 0. The van der Waals surface area contributed by atoms with Crippen molar-refractivity contribution >= 4 is 0 Å². The minimum Gasteiger partial charge on any atom is -0.364 e. The molecule has 2 heterocycles. The molecule has 0 aromatic carbocycles. The molecule has 0 aliphatic carbocycles. The highest BCUT2D eigenvalue weighted by Crippen LogP contribution is 2.17. The van der Waals surface area contributed by atoms with Crippen LogP contribution in [0.25, 0.3) is 0 Å². The molecule has 0 bridgehead atoms. The molecule has 0 saturated carbocycles. The number of rotatable bonds is 3. The molecule has 1 saturated heterocycles. The molecule has 1 fully saturated rings. The van der Waals surface area contributed by atoms with Crippen molar-refractivity contribution in [3.05, 3.63) is 18.0 Å². The molecular formula is C9H15N3O. The fraction of sp³-hybridized carbons (Fsp3) is 0.667. The topological polar surface area (TPSA) is 55.3 Å². The van der Waals surface area contributed by atoms with E-state index in [1.807, 2.05) is 0 Å². The maximum absolute atomic E-state index is 5.61. The van der Waals surface area contributed by atoms with Gasteiger partial charge in [0.25, 0.3) is 0 Å². The Balaban J connectivity index is 1.84. The van der Waals surface area contributed by atoms with Crippen molar-refractivity contribution in [2.75, 3.05) is 19.6 Å². The zero-order valence-corrected chi connectivity index (χ0v) is 7.65. The second-order valence-electron chi connectivity index (χ2n) is 3.66. The standard InChI is InChI=1S/C9H15N3O/c10-3-8-1-2-12(5-8)6-9-4-11-13-7-9/h4,7-8H,1-3,5-6,10H2. The molecule has 4 nitrogen and oxygen atoms in total. The van der Waals surface area contributed by atoms with Crippen molar-refractivity contribution in [1.29, 1.82) is 0 Å². The van der Waals surface area contributed by atoms with E-state index in [1.54, 1.807) is 12.5 Å². The minimum absolute atomic E-state index is 0.680. The first-order valence-electron chi connectivity index (χ1n) is 4.69. The quantitative estimate of drug-likeness (QED) is 0.735. The van der Waals surface area contributed by atoms with E-state index in [4.69, 9.17) is 10.3 Å². The van der Waals surface area contributed by atoms with Crippen LogP contribution in [0, 0.1) is 5.92 Å². The SMILES string of the molecule is NCC1CCN(Cc2cnoc2)C1. The number of nitrogens with zero attached hydrogens (tertiary/aromatic N) is 2. The van der Waals surface area contributed by atoms with Crippen LogP contribution in [-0.2, 0) is 6.54 Å². The number of likely N-dealkylation sites (tertiary alicyclic amines) is 1. The molecule has 1 aromatic rings. The average molecular weight is 181 g/mol. The molecule has 1 aliphatic heterocycles. The molecule has 2 N–H and O–H groups in total. The van der Waals surface area contributed by atoms with Gasteiger partial charge in [-0.2, -0.15) is 0 Å². The first-order chi connectivity index (χ1) is 6.38. The fourth-order valence-electron chi connectivity index (χ4n) is 1.81. The van der Waals surface area contributed by atoms with Gasteiger partial charge in [-0.25, -0.2) is 0 Å². The molecule has 0 radical (unpaired) electrons. The van der Waals surface area contributed by atoms with Gasteiger partial charge >= 0.3 is 0 Å². The van der Waals surface area contributed by atoms with Crippen LogP contribution in [0.4, 0.5) is 0 Å². The summed E-state index contributed by atoms with van der Waals surface area (Å²) in [5.74, 6) is 0.680. The molecular weight excluding hydrogens is 166 g/mol. The van der Waals surface area contributed by atoms with Crippen LogP contribution in [0.1, 0.15) is 12.0 Å². The van der Waals surface area contributed by atoms with Crippen molar-refractivity contribution in [2.45, 2.75) is 13.0 Å². The minimum atomic E-state index is 0.680. The summed E-state index contributed by atoms with van der Waals surface area (Å²) in [6.45, 7) is 4.01. The summed E-state index contributed by atoms with van der Waals surface area (Å²) in [5.41, 5.74) is 6.76. The Kier molecular flexibility index (Phi) is 2.61. The molecule has 72 valence electrons. The molecule has 0 spiro atoms. The Labute approximate surface area is 77.7 Å². The average Bonchev–Trinajstić information content (AvgIpc) is 2.76. The van der Waals surface area contributed by atoms with Crippen LogP contribution in [0.15, 0.2) is 17.0 Å². The smallest absolute Gasteiger partial charge is 0.128 e. The van der Waals surface area contributed by atoms with Gasteiger partial charge in [0.1, 0.15) is 6.26 Å². The first kappa shape index (κ1) is 8.72. The van der Waals surface area contributed by atoms with Gasteiger partial charge < -0.3 is 10.3 Å². The Morgan fingerprint density at radius 2 is 2.62 bits per heavy atom. The lowest BCUT2D eigenvalue weighted by Gasteiger charge is -2.13. The Hall–Kier alpha value is -0.870. The third kappa shape index (κ3) is 2.08. The van der Waals surface area contributed by atoms with Gasteiger partial charge in [0.15, 0.2) is 0 Å². The van der Waals surface area contributed by atoms with E-state index in [0.29, 0.717) is 5.92 Å². The highest BCUT2D eigenvalue weighted by Gasteiger charge is 2.21. The molecule has 1 aromatic heterocycles. The monoisotopic (exact) mass is 181 g/mol. The van der Waals surface area contributed by atoms with Crippen LogP contribution in [-0.4, -0.2) is 29.7 Å². The summed E-state index contributed by atoms with van der Waals surface area (Å²) in [7, 11) is 0. The molecule has 4 heteroatoms. The third-order valence-corrected chi connectivity index (χ3v) is 2.59. The molecule has 1 atom stereocenters. The normalized spacial score (nSPS) is 23.9. The summed E-state index contributed by atoms with van der Waals surface area (Å²) in [6, 6.07) is 0. The maximum Gasteiger partial charge on any atom is 0.128 e. The molecule has 2 rings (SSSR count). The summed E-state index contributed by atoms with van der Waals surface area (Å²) in [5, 5.41) is 3.68. The van der Waals surface area contributed by atoms with E-state index >= 15 is 0 Å². The Morgan fingerprint density at radius 1 is 1.69 bits per heavy atom. The number of nitrogens with two attached hydrogens (primary N) is 1. The highest BCUT2D eigenvalue weighted by atomic mass is 16.5. The van der Waals surface area contributed by atoms with Crippen LogP contribution in [0.3, 0.4) is 0 Å². The molecule has 1 aliphatic rings. The van der Waals surface area contributed by atoms with E-state index in [0.717, 1.165) is 31.7 Å². The maximum atomic E-state index is 5.61. The van der Waals surface area contributed by atoms with Crippen LogP contribution >= 0.6 is 0 Å². The number of aromatic nitrogens is 1. The summed E-state index contributed by atoms with van der Waals surface area (Å²) in [6.07, 6.45) is 4.70. The van der Waals surface area contributed by atoms with Gasteiger partial charge in [0.05, 0.1) is 6.20 Å². The van der Waals surface area contributed by atoms with E-state index in [9.17, 15) is 0 Å². The zero-order valence-electron chi connectivity index (χ0n) is 7.65. The second-order valence-corrected chi connectivity index (χ2v) is 3.66. The largest absolute Gasteiger partial charge is 0.364 e. The van der Waals surface area contributed by atoms with Gasteiger partial charge in [-0.3, -0.25) is 4.90 Å². The van der Waals surface area contributed by atoms with E-state index in [1.165, 1.54) is 6.42 Å². The third-order valence-electron chi connectivity index (χ3n) is 2.59. The summed E-state index contributed by atoms with van der Waals surface area (Å²) < 4.78 is 4.78. The highest BCUT2D eigenvalue weighted by molar-refractivity contribution is 5.00. The summed E-state index contributed by atoms with van der Waals surface area (Å²) in [4.78, 5) is 2.39. The van der Waals surface area contributed by atoms with Crippen LogP contribution in [0.2, 0.25) is 0 Å². The Morgan fingerprint density at radius 3 is 3.23 bits per heavy atom. The van der Waals surface area contributed by atoms with Crippen LogP contribution in [0.5, 0.6) is 0 Å². The molecule has 13 heavy (non-hydrogen) atoms. The predicted octanol–water partition coefficient (Wildman–Crippen LogP) is 0.455. The van der Waals surface area contributed by atoms with E-state index in [2.05, 4.69) is 10.1 Å². The van der Waals surface area contributed by atoms with Gasteiger partial charge in [0, 0.05) is 18.7 Å². The van der Waals surface area contributed by atoms with Crippen molar-refractivity contribution < 1.29 is 4.52 Å². The van der Waals surface area contributed by atoms with E-state index < -0.39 is 0 Å². The van der Waals surface area contributed by atoms with E-state index in [-0.39, 0.29) is 0 Å². The zero-order chi connectivity index (χ0) is 9.10. The number of hydrogen-bond acceptors (Lipinski definition) is 4. The lowest BCUT2D eigenvalue weighted by molar-refractivity contribution is 0.316. The van der Waals surface area contributed by atoms with Gasteiger partial charge in [-0.05, 0) is 25.4 Å². The van der Waals surface area contributed by atoms with Crippen molar-refractivity contribution in [3.8, 4) is 0 Å². The second kappa shape index (κ2) is 3.89. The fourth-order valence-corrected chi connectivity index (χ4v) is 1.81. The predicted molar refractivity (Wildman–Crippen MR) is 48.9 cm³/mol. The Bertz CT molecular complexity index is 247. The van der Waals surface area contributed by atoms with Gasteiger partial charge in [0.2, 0.25) is 0 Å². The molecule has 0 amide bonds. The molecule has 1 unspecified atom stereocenters. The van der Waals surface area contributed by atoms with Gasteiger partial charge in [-0.15, -0.1) is 0 Å². The van der Waals surface area contributed by atoms with Crippen molar-refractivity contribution in [2.24, 2.45) is 11.7 Å². The lowest BCUT2D eigenvalue weighted by Crippen LogP contribution is -2.22. The lowest BCUT2D eigenvalue weighted by atomic mass is 10.1. The van der Waals surface area contributed by atoms with Crippen molar-refractivity contribution in [3.63, 3.8) is 0 Å². The van der Waals surface area contributed by atoms with Gasteiger partial charge in [-0.1, -0.05) is 5.16 Å². The van der Waals surface area contributed by atoms with Crippen LogP contribution < -0.4 is 5.73 Å². The van der Waals surface area contributed by atoms with Crippen molar-refractivity contribution in [1.82, 2.24) is 10.1 Å². The number of hydrogen-bond donors (Lipinski definition) is 1. The first-order valence-corrected chi connectivity index (χ1v) is 4.69.